The Morgan fingerprint density at radius 3 is 3.09 bits per heavy atom. The molecular weight excluding hydrogens is 296 g/mol. The van der Waals surface area contributed by atoms with E-state index in [1.165, 1.54) is 0 Å². The molecule has 2 aliphatic heterocycles. The molecule has 2 aliphatic rings. The minimum Gasteiger partial charge on any atom is -0.497 e. The monoisotopic (exact) mass is 318 g/mol. The van der Waals surface area contributed by atoms with Crippen molar-refractivity contribution < 1.29 is 19.1 Å². The molecule has 3 rings (SSSR count). The van der Waals surface area contributed by atoms with Crippen LogP contribution in [0.2, 0.25) is 0 Å². The van der Waals surface area contributed by atoms with E-state index in [1.54, 1.807) is 12.0 Å². The van der Waals surface area contributed by atoms with Crippen LogP contribution in [0.25, 0.3) is 0 Å². The Labute approximate surface area is 135 Å². The maximum absolute atomic E-state index is 12.3. The molecule has 0 aromatic heterocycles. The summed E-state index contributed by atoms with van der Waals surface area (Å²) >= 11 is 0. The van der Waals surface area contributed by atoms with Crippen molar-refractivity contribution in [2.24, 2.45) is 5.92 Å². The lowest BCUT2D eigenvalue weighted by Gasteiger charge is -2.18. The second-order valence-electron chi connectivity index (χ2n) is 5.99. The fourth-order valence-corrected chi connectivity index (χ4v) is 3.08. The predicted molar refractivity (Wildman–Crippen MR) is 85.4 cm³/mol. The fourth-order valence-electron chi connectivity index (χ4n) is 3.08. The van der Waals surface area contributed by atoms with Crippen LogP contribution in [-0.2, 0) is 14.3 Å². The van der Waals surface area contributed by atoms with Crippen LogP contribution in [0.1, 0.15) is 19.3 Å². The van der Waals surface area contributed by atoms with E-state index in [2.05, 4.69) is 5.32 Å². The molecule has 0 unspecified atom stereocenters. The molecule has 1 aromatic carbocycles. The zero-order valence-corrected chi connectivity index (χ0v) is 13.3. The third-order valence-electron chi connectivity index (χ3n) is 4.39. The first kappa shape index (κ1) is 15.8. The molecule has 6 nitrogen and oxygen atoms in total. The van der Waals surface area contributed by atoms with Crippen molar-refractivity contribution in [2.45, 2.75) is 25.4 Å². The Morgan fingerprint density at radius 2 is 2.35 bits per heavy atom. The molecule has 23 heavy (non-hydrogen) atoms. The molecule has 0 aliphatic carbocycles. The number of nitrogens with zero attached hydrogens (tertiary/aromatic N) is 1. The lowest BCUT2D eigenvalue weighted by molar-refractivity contribution is -0.126. The van der Waals surface area contributed by atoms with Crippen LogP contribution in [0.3, 0.4) is 0 Å². The van der Waals surface area contributed by atoms with E-state index in [0.29, 0.717) is 18.8 Å². The number of benzene rings is 1. The summed E-state index contributed by atoms with van der Waals surface area (Å²) in [6.07, 6.45) is 2.39. The summed E-state index contributed by atoms with van der Waals surface area (Å²) in [5.74, 6) is 0.284. The van der Waals surface area contributed by atoms with E-state index in [-0.39, 0.29) is 30.3 Å². The van der Waals surface area contributed by atoms with Crippen molar-refractivity contribution in [1.82, 2.24) is 5.32 Å². The number of amides is 2. The van der Waals surface area contributed by atoms with E-state index in [9.17, 15) is 9.59 Å². The summed E-state index contributed by atoms with van der Waals surface area (Å²) < 4.78 is 10.7. The van der Waals surface area contributed by atoms with Gasteiger partial charge in [-0.15, -0.1) is 0 Å². The quantitative estimate of drug-likeness (QED) is 0.890. The number of hydrogen-bond donors (Lipinski definition) is 1. The average Bonchev–Trinajstić information content (AvgIpc) is 3.22. The van der Waals surface area contributed by atoms with Crippen LogP contribution >= 0.6 is 0 Å². The normalized spacial score (nSPS) is 24.0. The minimum absolute atomic E-state index is 0.0319. The van der Waals surface area contributed by atoms with Crippen molar-refractivity contribution in [2.75, 3.05) is 31.7 Å². The highest BCUT2D eigenvalue weighted by Crippen LogP contribution is 2.28. The van der Waals surface area contributed by atoms with E-state index in [4.69, 9.17) is 9.47 Å². The molecule has 2 amide bonds. The summed E-state index contributed by atoms with van der Waals surface area (Å²) in [5, 5.41) is 2.91. The SMILES string of the molecule is COc1cccc(N2C[C@@H](C(=O)NC[C@@H]3CCCO3)CC2=O)c1. The summed E-state index contributed by atoms with van der Waals surface area (Å²) in [4.78, 5) is 26.2. The van der Waals surface area contributed by atoms with Gasteiger partial charge >= 0.3 is 0 Å². The maximum Gasteiger partial charge on any atom is 0.227 e. The van der Waals surface area contributed by atoms with Crippen molar-refractivity contribution in [3.63, 3.8) is 0 Å². The summed E-state index contributed by atoms with van der Waals surface area (Å²) in [5.41, 5.74) is 0.767. The third kappa shape index (κ3) is 3.64. The van der Waals surface area contributed by atoms with Crippen LogP contribution in [0.4, 0.5) is 5.69 Å². The zero-order chi connectivity index (χ0) is 16.2. The van der Waals surface area contributed by atoms with Gasteiger partial charge in [-0.05, 0) is 25.0 Å². The highest BCUT2D eigenvalue weighted by Gasteiger charge is 2.35. The predicted octanol–water partition coefficient (Wildman–Crippen LogP) is 1.34. The van der Waals surface area contributed by atoms with Gasteiger partial charge in [-0.3, -0.25) is 9.59 Å². The van der Waals surface area contributed by atoms with E-state index >= 15 is 0 Å². The lowest BCUT2D eigenvalue weighted by atomic mass is 10.1. The second kappa shape index (κ2) is 7.00. The number of ether oxygens (including phenoxy) is 2. The van der Waals surface area contributed by atoms with Crippen LogP contribution in [0.15, 0.2) is 24.3 Å². The first-order chi connectivity index (χ1) is 11.2. The van der Waals surface area contributed by atoms with Gasteiger partial charge in [0.05, 0.1) is 19.1 Å². The zero-order valence-electron chi connectivity index (χ0n) is 13.3. The van der Waals surface area contributed by atoms with Gasteiger partial charge < -0.3 is 19.7 Å². The van der Waals surface area contributed by atoms with Gasteiger partial charge in [-0.2, -0.15) is 0 Å². The molecule has 0 spiro atoms. The van der Waals surface area contributed by atoms with Gasteiger partial charge in [0.2, 0.25) is 11.8 Å². The summed E-state index contributed by atoms with van der Waals surface area (Å²) in [7, 11) is 1.59. The molecular formula is C17H22N2O4. The molecule has 2 atom stereocenters. The van der Waals surface area contributed by atoms with Gasteiger partial charge in [0.1, 0.15) is 5.75 Å². The molecule has 1 aromatic rings. The fraction of sp³-hybridized carbons (Fsp3) is 0.529. The Balaban J connectivity index is 1.58. The molecule has 2 fully saturated rings. The van der Waals surface area contributed by atoms with Crippen LogP contribution in [0.5, 0.6) is 5.75 Å². The molecule has 124 valence electrons. The molecule has 6 heteroatoms. The van der Waals surface area contributed by atoms with Gasteiger partial charge in [-0.1, -0.05) is 6.07 Å². The Hall–Kier alpha value is -2.08. The maximum atomic E-state index is 12.3. The van der Waals surface area contributed by atoms with Crippen molar-refractivity contribution in [3.05, 3.63) is 24.3 Å². The van der Waals surface area contributed by atoms with Crippen LogP contribution in [-0.4, -0.2) is 44.7 Å². The Kier molecular flexibility index (Phi) is 4.81. The van der Waals surface area contributed by atoms with Gasteiger partial charge in [0.15, 0.2) is 0 Å². The van der Waals surface area contributed by atoms with E-state index in [0.717, 1.165) is 25.1 Å². The molecule has 1 N–H and O–H groups in total. The highest BCUT2D eigenvalue weighted by atomic mass is 16.5. The van der Waals surface area contributed by atoms with E-state index in [1.807, 2.05) is 24.3 Å². The second-order valence-corrected chi connectivity index (χ2v) is 5.99. The molecule has 0 bridgehead atoms. The van der Waals surface area contributed by atoms with Crippen LogP contribution < -0.4 is 15.0 Å². The standard InChI is InChI=1S/C17H22N2O4/c1-22-14-5-2-4-13(9-14)19-11-12(8-16(19)20)17(21)18-10-15-6-3-7-23-15/h2,4-5,9,12,15H,3,6-8,10-11H2,1H3,(H,18,21)/t12-,15-/m0/s1. The number of methoxy groups -OCH3 is 1. The molecule has 2 saturated heterocycles. The number of rotatable bonds is 5. The number of hydrogen-bond acceptors (Lipinski definition) is 4. The third-order valence-corrected chi connectivity index (χ3v) is 4.39. The number of anilines is 1. The number of carbonyl (C=O) groups excluding carboxylic acids is 2. The lowest BCUT2D eigenvalue weighted by Crippen LogP contribution is -2.37. The van der Waals surface area contributed by atoms with Gasteiger partial charge in [-0.25, -0.2) is 0 Å². The first-order valence-corrected chi connectivity index (χ1v) is 8.01. The minimum atomic E-state index is -0.310. The molecule has 0 radical (unpaired) electrons. The topological polar surface area (TPSA) is 67.9 Å². The molecule has 2 heterocycles. The van der Waals surface area contributed by atoms with Crippen molar-refractivity contribution >= 4 is 17.5 Å². The van der Waals surface area contributed by atoms with Crippen molar-refractivity contribution in [3.8, 4) is 5.75 Å². The summed E-state index contributed by atoms with van der Waals surface area (Å²) in [6, 6.07) is 7.33. The Morgan fingerprint density at radius 1 is 1.48 bits per heavy atom. The first-order valence-electron chi connectivity index (χ1n) is 8.01. The van der Waals surface area contributed by atoms with E-state index < -0.39 is 0 Å². The smallest absolute Gasteiger partial charge is 0.227 e. The van der Waals surface area contributed by atoms with Gasteiger partial charge in [0.25, 0.3) is 0 Å². The van der Waals surface area contributed by atoms with Gasteiger partial charge in [0, 0.05) is 37.9 Å². The average molecular weight is 318 g/mol. The summed E-state index contributed by atoms with van der Waals surface area (Å²) in [6.45, 7) is 1.71. The highest BCUT2D eigenvalue weighted by molar-refractivity contribution is 6.00. The Bertz CT molecular complexity index is 584. The number of nitrogens with one attached hydrogen (secondary N) is 1. The molecule has 0 saturated carbocycles. The largest absolute Gasteiger partial charge is 0.497 e. The van der Waals surface area contributed by atoms with Crippen molar-refractivity contribution in [1.29, 1.82) is 0 Å². The van der Waals surface area contributed by atoms with Crippen LogP contribution in [0, 0.1) is 5.92 Å². The number of carbonyl (C=O) groups is 2.